The van der Waals surface area contributed by atoms with Gasteiger partial charge in [-0.25, -0.2) is 13.4 Å². The highest BCUT2D eigenvalue weighted by molar-refractivity contribution is 9.10. The topological polar surface area (TPSA) is 85.1 Å². The van der Waals surface area contributed by atoms with Crippen LogP contribution in [0, 0.1) is 13.8 Å². The van der Waals surface area contributed by atoms with E-state index in [1.165, 1.54) is 12.1 Å². The summed E-state index contributed by atoms with van der Waals surface area (Å²) in [4.78, 5) is 4.12. The summed E-state index contributed by atoms with van der Waals surface area (Å²) in [6, 6.07) is 6.30. The smallest absolute Gasteiger partial charge is 0.264 e. The third-order valence-electron chi connectivity index (χ3n) is 2.66. The van der Waals surface area contributed by atoms with Gasteiger partial charge >= 0.3 is 0 Å². The molecule has 0 amide bonds. The van der Waals surface area contributed by atoms with Crippen molar-refractivity contribution in [2.24, 2.45) is 0 Å². The van der Waals surface area contributed by atoms with Gasteiger partial charge in [-0.2, -0.15) is 0 Å². The van der Waals surface area contributed by atoms with E-state index >= 15 is 0 Å². The molecule has 1 heterocycles. The maximum absolute atomic E-state index is 12.5. The Hall–Kier alpha value is -1.31. The third-order valence-corrected chi connectivity index (χ3v) is 5.40. The van der Waals surface area contributed by atoms with E-state index in [9.17, 15) is 8.42 Å². The monoisotopic (exact) mass is 389 g/mol. The molecule has 0 radical (unpaired) electrons. The van der Waals surface area contributed by atoms with Gasteiger partial charge in [0.05, 0.1) is 4.47 Å². The van der Waals surface area contributed by atoms with E-state index in [0.717, 1.165) is 11.3 Å². The molecule has 0 spiro atoms. The van der Waals surface area contributed by atoms with E-state index in [0.29, 0.717) is 0 Å². The molecular formula is C13H13BrClN3O2S. The van der Waals surface area contributed by atoms with Crippen LogP contribution in [0.4, 0.5) is 11.5 Å². The highest BCUT2D eigenvalue weighted by Crippen LogP contribution is 2.32. The van der Waals surface area contributed by atoms with Crippen LogP contribution in [0.3, 0.4) is 0 Å². The Morgan fingerprint density at radius 3 is 2.52 bits per heavy atom. The first kappa shape index (κ1) is 16.1. The molecule has 21 heavy (non-hydrogen) atoms. The molecule has 3 N–H and O–H groups in total. The zero-order valence-corrected chi connectivity index (χ0v) is 14.5. The Kier molecular flexibility index (Phi) is 4.46. The Morgan fingerprint density at radius 2 is 1.90 bits per heavy atom. The van der Waals surface area contributed by atoms with Gasteiger partial charge in [0, 0.05) is 16.4 Å². The summed E-state index contributed by atoms with van der Waals surface area (Å²) < 4.78 is 27.6. The number of aryl methyl sites for hydroxylation is 2. The average molecular weight is 391 g/mol. The number of nitrogen functional groups attached to an aromatic ring is 1. The molecule has 2 aromatic rings. The minimum atomic E-state index is -3.85. The van der Waals surface area contributed by atoms with Crippen molar-refractivity contribution >= 4 is 49.1 Å². The number of nitrogens with one attached hydrogen (secondary N) is 1. The summed E-state index contributed by atoms with van der Waals surface area (Å²) in [5.41, 5.74) is 7.59. The summed E-state index contributed by atoms with van der Waals surface area (Å²) in [6.07, 6.45) is 0. The molecule has 0 aliphatic rings. The number of rotatable bonds is 3. The molecule has 0 atom stereocenters. The largest absolute Gasteiger partial charge is 0.398 e. The van der Waals surface area contributed by atoms with Crippen LogP contribution in [0.15, 0.2) is 33.6 Å². The van der Waals surface area contributed by atoms with Gasteiger partial charge < -0.3 is 5.73 Å². The van der Waals surface area contributed by atoms with Crippen LogP contribution in [0.25, 0.3) is 0 Å². The molecule has 2 rings (SSSR count). The van der Waals surface area contributed by atoms with Crippen molar-refractivity contribution in [2.75, 3.05) is 10.5 Å². The predicted molar refractivity (Wildman–Crippen MR) is 88.1 cm³/mol. The Bertz CT molecular complexity index is 789. The summed E-state index contributed by atoms with van der Waals surface area (Å²) in [5.74, 6) is 0.248. The number of hydrogen-bond acceptors (Lipinski definition) is 4. The molecule has 1 aromatic heterocycles. The molecule has 0 unspecified atom stereocenters. The molecule has 0 aliphatic heterocycles. The first-order chi connectivity index (χ1) is 9.69. The van der Waals surface area contributed by atoms with Crippen molar-refractivity contribution in [3.05, 3.63) is 45.0 Å². The molecule has 0 bridgehead atoms. The highest BCUT2D eigenvalue weighted by Gasteiger charge is 2.21. The summed E-state index contributed by atoms with van der Waals surface area (Å²) in [6.45, 7) is 3.65. The second kappa shape index (κ2) is 5.82. The van der Waals surface area contributed by atoms with E-state index < -0.39 is 10.0 Å². The highest BCUT2D eigenvalue weighted by atomic mass is 79.9. The number of nitrogens with zero attached hydrogens (tertiary/aromatic N) is 1. The lowest BCUT2D eigenvalue weighted by Gasteiger charge is -2.12. The second-order valence-electron chi connectivity index (χ2n) is 4.58. The van der Waals surface area contributed by atoms with E-state index in [4.69, 9.17) is 17.3 Å². The van der Waals surface area contributed by atoms with Gasteiger partial charge in [0.25, 0.3) is 10.0 Å². The van der Waals surface area contributed by atoms with E-state index in [1.54, 1.807) is 13.0 Å². The molecule has 112 valence electrons. The van der Waals surface area contributed by atoms with Crippen LogP contribution in [0.5, 0.6) is 0 Å². The first-order valence-electron chi connectivity index (χ1n) is 5.91. The third kappa shape index (κ3) is 3.66. The van der Waals surface area contributed by atoms with E-state index in [-0.39, 0.29) is 25.9 Å². The van der Waals surface area contributed by atoms with Crippen LogP contribution in [-0.2, 0) is 10.0 Å². The van der Waals surface area contributed by atoms with Crippen LogP contribution in [-0.4, -0.2) is 13.4 Å². The second-order valence-corrected chi connectivity index (χ2v) is 7.46. The van der Waals surface area contributed by atoms with Gasteiger partial charge in [0.1, 0.15) is 10.7 Å². The maximum Gasteiger partial charge on any atom is 0.264 e. The van der Waals surface area contributed by atoms with Crippen LogP contribution < -0.4 is 10.5 Å². The van der Waals surface area contributed by atoms with Gasteiger partial charge in [0.2, 0.25) is 0 Å². The van der Waals surface area contributed by atoms with Crippen molar-refractivity contribution in [3.8, 4) is 0 Å². The summed E-state index contributed by atoms with van der Waals surface area (Å²) in [7, 11) is -3.85. The predicted octanol–water partition coefficient (Wildman–Crippen LogP) is 3.50. The molecule has 0 saturated heterocycles. The average Bonchev–Trinajstić information content (AvgIpc) is 2.31. The fraction of sp³-hybridized carbons (Fsp3) is 0.154. The molecule has 5 nitrogen and oxygen atoms in total. The van der Waals surface area contributed by atoms with Crippen molar-refractivity contribution in [2.45, 2.75) is 18.7 Å². The maximum atomic E-state index is 12.5. The van der Waals surface area contributed by atoms with Gasteiger partial charge in [-0.05, 0) is 59.6 Å². The number of pyridine rings is 1. The zero-order valence-electron chi connectivity index (χ0n) is 11.3. The lowest BCUT2D eigenvalue weighted by molar-refractivity contribution is 0.600. The zero-order chi connectivity index (χ0) is 15.8. The Morgan fingerprint density at radius 1 is 1.24 bits per heavy atom. The molecule has 0 fully saturated rings. The number of halogens is 2. The van der Waals surface area contributed by atoms with E-state index in [1.807, 2.05) is 13.0 Å². The first-order valence-corrected chi connectivity index (χ1v) is 8.57. The summed E-state index contributed by atoms with van der Waals surface area (Å²) >= 11 is 9.04. The normalized spacial score (nSPS) is 11.4. The number of sulfonamides is 1. The lowest BCUT2D eigenvalue weighted by Crippen LogP contribution is -2.15. The molecule has 1 aromatic carbocycles. The standard InChI is InChI=1S/C13H13BrClN3O2S/c1-7-3-8(2)17-12(4-7)18-21(19,20)11-6-9(15)5-10(16)13(11)14/h3-6H,16H2,1-2H3,(H,17,18). The van der Waals surface area contributed by atoms with Gasteiger partial charge in [-0.15, -0.1) is 0 Å². The van der Waals surface area contributed by atoms with E-state index in [2.05, 4.69) is 25.6 Å². The summed E-state index contributed by atoms with van der Waals surface area (Å²) in [5, 5.41) is 0.240. The van der Waals surface area contributed by atoms with Gasteiger partial charge in [-0.3, -0.25) is 4.72 Å². The lowest BCUT2D eigenvalue weighted by atomic mass is 10.2. The number of nitrogens with two attached hydrogens (primary N) is 1. The number of anilines is 2. The van der Waals surface area contributed by atoms with Crippen molar-refractivity contribution in [1.82, 2.24) is 4.98 Å². The Balaban J connectivity index is 2.48. The fourth-order valence-electron chi connectivity index (χ4n) is 1.87. The SMILES string of the molecule is Cc1cc(C)nc(NS(=O)(=O)c2cc(Cl)cc(N)c2Br)c1. The number of benzene rings is 1. The molecular weight excluding hydrogens is 378 g/mol. The van der Waals surface area contributed by atoms with Gasteiger partial charge in [0.15, 0.2) is 0 Å². The minimum absolute atomic E-state index is 0.0338. The minimum Gasteiger partial charge on any atom is -0.398 e. The van der Waals surface area contributed by atoms with Crippen LogP contribution in [0.1, 0.15) is 11.3 Å². The van der Waals surface area contributed by atoms with Crippen molar-refractivity contribution < 1.29 is 8.42 Å². The van der Waals surface area contributed by atoms with Crippen LogP contribution in [0.2, 0.25) is 5.02 Å². The van der Waals surface area contributed by atoms with Gasteiger partial charge in [-0.1, -0.05) is 11.6 Å². The van der Waals surface area contributed by atoms with Crippen molar-refractivity contribution in [1.29, 1.82) is 0 Å². The van der Waals surface area contributed by atoms with Crippen molar-refractivity contribution in [3.63, 3.8) is 0 Å². The van der Waals surface area contributed by atoms with Crippen LogP contribution >= 0.6 is 27.5 Å². The molecule has 0 saturated carbocycles. The number of hydrogen-bond donors (Lipinski definition) is 2. The molecule has 0 aliphatic carbocycles. The Labute approximate surface area is 136 Å². The fourth-order valence-corrected chi connectivity index (χ4v) is 4.15. The molecule has 8 heteroatoms. The number of aromatic nitrogens is 1. The quantitative estimate of drug-likeness (QED) is 0.786.